The van der Waals surface area contributed by atoms with Crippen LogP contribution in [0.5, 0.6) is 11.5 Å². The van der Waals surface area contributed by atoms with Crippen molar-refractivity contribution < 1.29 is 23.8 Å². The van der Waals surface area contributed by atoms with Crippen LogP contribution in [0, 0.1) is 5.92 Å². The molecular weight excluding hydrogens is 398 g/mol. The van der Waals surface area contributed by atoms with Crippen molar-refractivity contribution in [2.45, 2.75) is 26.3 Å². The summed E-state index contributed by atoms with van der Waals surface area (Å²) in [5, 5.41) is 12.9. The lowest BCUT2D eigenvalue weighted by Crippen LogP contribution is -2.40. The summed E-state index contributed by atoms with van der Waals surface area (Å²) in [5.41, 5.74) is 1.14. The molecule has 164 valence electrons. The summed E-state index contributed by atoms with van der Waals surface area (Å²) in [7, 11) is 1.58. The molecule has 0 spiro atoms. The first-order valence-electron chi connectivity index (χ1n) is 10.1. The summed E-state index contributed by atoms with van der Waals surface area (Å²) in [6.45, 7) is 3.78. The molecule has 1 heterocycles. The normalized spacial score (nSPS) is 12.0. The highest BCUT2D eigenvalue weighted by molar-refractivity contribution is 5.83. The van der Waals surface area contributed by atoms with Gasteiger partial charge in [0.05, 0.1) is 25.3 Å². The molecule has 3 rings (SSSR count). The molecule has 0 aliphatic carbocycles. The molecule has 1 aromatic heterocycles. The predicted molar refractivity (Wildman–Crippen MR) is 118 cm³/mol. The van der Waals surface area contributed by atoms with Crippen LogP contribution < -0.4 is 20.4 Å². The molecular formula is C24H27NO6. The molecule has 1 amide bonds. The lowest BCUT2D eigenvalue weighted by Gasteiger charge is -2.18. The van der Waals surface area contributed by atoms with Gasteiger partial charge in [-0.3, -0.25) is 4.79 Å². The third-order valence-electron chi connectivity index (χ3n) is 4.82. The zero-order chi connectivity index (χ0) is 22.4. The molecule has 0 radical (unpaired) electrons. The first-order chi connectivity index (χ1) is 14.9. The zero-order valence-electron chi connectivity index (χ0n) is 17.9. The van der Waals surface area contributed by atoms with E-state index in [-0.39, 0.29) is 25.2 Å². The molecule has 0 aliphatic rings. The predicted octanol–water partition coefficient (Wildman–Crippen LogP) is 3.37. The largest absolute Gasteiger partial charge is 0.497 e. The number of aliphatic hydroxyl groups is 1. The van der Waals surface area contributed by atoms with Gasteiger partial charge < -0.3 is 24.3 Å². The van der Waals surface area contributed by atoms with E-state index in [1.165, 1.54) is 0 Å². The van der Waals surface area contributed by atoms with Crippen LogP contribution in [0.2, 0.25) is 0 Å². The van der Waals surface area contributed by atoms with Crippen LogP contribution >= 0.6 is 0 Å². The number of rotatable bonds is 9. The summed E-state index contributed by atoms with van der Waals surface area (Å²) in [6.07, 6.45) is 0.692. The molecule has 0 fully saturated rings. The van der Waals surface area contributed by atoms with E-state index < -0.39 is 5.63 Å². The zero-order valence-corrected chi connectivity index (χ0v) is 17.9. The summed E-state index contributed by atoms with van der Waals surface area (Å²) >= 11 is 0. The third kappa shape index (κ3) is 5.86. The highest BCUT2D eigenvalue weighted by atomic mass is 16.5. The van der Waals surface area contributed by atoms with Gasteiger partial charge in [-0.2, -0.15) is 0 Å². The molecule has 0 aliphatic heterocycles. The monoisotopic (exact) mass is 425 g/mol. The van der Waals surface area contributed by atoms with Gasteiger partial charge in [0.15, 0.2) is 6.61 Å². The lowest BCUT2D eigenvalue weighted by molar-refractivity contribution is -0.124. The van der Waals surface area contributed by atoms with E-state index >= 15 is 0 Å². The number of carbonyl (C=O) groups is 1. The van der Waals surface area contributed by atoms with Crippen molar-refractivity contribution in [3.8, 4) is 22.6 Å². The second-order valence-corrected chi connectivity index (χ2v) is 7.74. The van der Waals surface area contributed by atoms with E-state index in [4.69, 9.17) is 13.9 Å². The molecule has 0 bridgehead atoms. The van der Waals surface area contributed by atoms with Gasteiger partial charge in [0.25, 0.3) is 5.91 Å². The van der Waals surface area contributed by atoms with Crippen LogP contribution in [-0.2, 0) is 4.79 Å². The maximum atomic E-state index is 12.4. The minimum absolute atomic E-state index is 0.112. The van der Waals surface area contributed by atoms with Crippen LogP contribution in [0.3, 0.4) is 0 Å². The quantitative estimate of drug-likeness (QED) is 0.510. The van der Waals surface area contributed by atoms with E-state index in [0.717, 1.165) is 5.39 Å². The molecule has 2 aromatic carbocycles. The molecule has 0 saturated heterocycles. The van der Waals surface area contributed by atoms with Crippen molar-refractivity contribution in [2.75, 3.05) is 20.3 Å². The minimum Gasteiger partial charge on any atom is -0.497 e. The van der Waals surface area contributed by atoms with Gasteiger partial charge in [-0.1, -0.05) is 26.0 Å². The number of nitrogens with one attached hydrogen (secondary N) is 1. The molecule has 0 unspecified atom stereocenters. The molecule has 2 N–H and O–H groups in total. The van der Waals surface area contributed by atoms with Crippen molar-refractivity contribution in [2.24, 2.45) is 5.92 Å². The topological polar surface area (TPSA) is 98.0 Å². The van der Waals surface area contributed by atoms with E-state index in [1.807, 2.05) is 13.8 Å². The summed E-state index contributed by atoms with van der Waals surface area (Å²) < 4.78 is 16.2. The summed E-state index contributed by atoms with van der Waals surface area (Å²) in [4.78, 5) is 24.5. The van der Waals surface area contributed by atoms with Crippen molar-refractivity contribution in [3.63, 3.8) is 0 Å². The van der Waals surface area contributed by atoms with Gasteiger partial charge in [0.2, 0.25) is 0 Å². The van der Waals surface area contributed by atoms with Crippen LogP contribution in [0.25, 0.3) is 22.1 Å². The Morgan fingerprint density at radius 2 is 1.81 bits per heavy atom. The van der Waals surface area contributed by atoms with E-state index in [0.29, 0.717) is 40.5 Å². The molecule has 1 atom stereocenters. The fourth-order valence-electron chi connectivity index (χ4n) is 3.33. The average molecular weight is 425 g/mol. The maximum absolute atomic E-state index is 12.4. The Hall–Kier alpha value is -3.32. The SMILES string of the molecule is COc1ccc2oc(=O)c(-c3ccc(OCC(=O)N[C@H](CO)CC(C)C)cc3)cc2c1. The first kappa shape index (κ1) is 22.4. The van der Waals surface area contributed by atoms with Crippen molar-refractivity contribution in [1.29, 1.82) is 0 Å². The van der Waals surface area contributed by atoms with Gasteiger partial charge >= 0.3 is 5.63 Å². The number of ether oxygens (including phenoxy) is 2. The minimum atomic E-state index is -0.439. The number of fused-ring (bicyclic) bond motifs is 1. The fourth-order valence-corrected chi connectivity index (χ4v) is 3.33. The van der Waals surface area contributed by atoms with Crippen LogP contribution in [-0.4, -0.2) is 37.4 Å². The second-order valence-electron chi connectivity index (χ2n) is 7.74. The van der Waals surface area contributed by atoms with Gasteiger partial charge in [-0.25, -0.2) is 4.79 Å². The molecule has 7 heteroatoms. The maximum Gasteiger partial charge on any atom is 0.344 e. The smallest absolute Gasteiger partial charge is 0.344 e. The number of methoxy groups -OCH3 is 1. The second kappa shape index (κ2) is 10.1. The number of aliphatic hydroxyl groups excluding tert-OH is 1. The van der Waals surface area contributed by atoms with Gasteiger partial charge in [0.1, 0.15) is 17.1 Å². The molecule has 7 nitrogen and oxygen atoms in total. The van der Waals surface area contributed by atoms with Crippen molar-refractivity contribution >= 4 is 16.9 Å². The lowest BCUT2D eigenvalue weighted by atomic mass is 10.0. The van der Waals surface area contributed by atoms with Crippen LogP contribution in [0.1, 0.15) is 20.3 Å². The standard InChI is InChI=1S/C24H27NO6/c1-15(2)10-18(13-26)25-23(27)14-30-19-6-4-16(5-7-19)21-12-17-11-20(29-3)8-9-22(17)31-24(21)28/h4-9,11-12,15,18,26H,10,13-14H2,1-3H3,(H,25,27)/t18-/m0/s1. The Morgan fingerprint density at radius 3 is 2.45 bits per heavy atom. The number of benzene rings is 2. The van der Waals surface area contributed by atoms with Gasteiger partial charge in [0, 0.05) is 5.39 Å². The number of hydrogen-bond acceptors (Lipinski definition) is 6. The number of hydrogen-bond donors (Lipinski definition) is 2. The Bertz CT molecular complexity index is 1090. The Labute approximate surface area is 180 Å². The Kier molecular flexibility index (Phi) is 7.31. The number of amides is 1. The van der Waals surface area contributed by atoms with Crippen LogP contribution in [0.15, 0.2) is 57.7 Å². The van der Waals surface area contributed by atoms with Crippen molar-refractivity contribution in [1.82, 2.24) is 5.32 Å². The third-order valence-corrected chi connectivity index (χ3v) is 4.82. The fraction of sp³-hybridized carbons (Fsp3) is 0.333. The highest BCUT2D eigenvalue weighted by Crippen LogP contribution is 2.25. The van der Waals surface area contributed by atoms with Crippen LogP contribution in [0.4, 0.5) is 0 Å². The number of carbonyl (C=O) groups excluding carboxylic acids is 1. The Balaban J connectivity index is 1.68. The Morgan fingerprint density at radius 1 is 1.10 bits per heavy atom. The average Bonchev–Trinajstić information content (AvgIpc) is 2.76. The molecule has 31 heavy (non-hydrogen) atoms. The molecule has 3 aromatic rings. The van der Waals surface area contributed by atoms with E-state index in [1.54, 1.807) is 55.6 Å². The van der Waals surface area contributed by atoms with Gasteiger partial charge in [-0.15, -0.1) is 0 Å². The summed E-state index contributed by atoms with van der Waals surface area (Å²) in [6, 6.07) is 13.6. The first-order valence-corrected chi connectivity index (χ1v) is 10.1. The van der Waals surface area contributed by atoms with Crippen molar-refractivity contribution in [3.05, 3.63) is 59.0 Å². The highest BCUT2D eigenvalue weighted by Gasteiger charge is 2.14. The van der Waals surface area contributed by atoms with E-state index in [2.05, 4.69) is 5.32 Å². The van der Waals surface area contributed by atoms with E-state index in [9.17, 15) is 14.7 Å². The van der Waals surface area contributed by atoms with Gasteiger partial charge in [-0.05, 0) is 54.3 Å². The molecule has 0 saturated carbocycles. The summed E-state index contributed by atoms with van der Waals surface area (Å²) in [5.74, 6) is 1.23.